The van der Waals surface area contributed by atoms with E-state index in [1.54, 1.807) is 13.0 Å². The second-order valence-corrected chi connectivity index (χ2v) is 6.03. The van der Waals surface area contributed by atoms with E-state index in [2.05, 4.69) is 0 Å². The predicted octanol–water partition coefficient (Wildman–Crippen LogP) is 3.63. The largest absolute Gasteiger partial charge is 0.466 e. The number of ketones is 2. The highest BCUT2D eigenvalue weighted by atomic mass is 16.5. The van der Waals surface area contributed by atoms with Crippen molar-refractivity contribution in [3.63, 3.8) is 0 Å². The lowest BCUT2D eigenvalue weighted by Gasteiger charge is -2.17. The van der Waals surface area contributed by atoms with Crippen molar-refractivity contribution in [3.8, 4) is 0 Å². The van der Waals surface area contributed by atoms with Gasteiger partial charge < -0.3 is 9.53 Å². The van der Waals surface area contributed by atoms with Crippen LogP contribution in [0.25, 0.3) is 0 Å². The summed E-state index contributed by atoms with van der Waals surface area (Å²) in [6.07, 6.45) is 10.2. The van der Waals surface area contributed by atoms with E-state index in [0.29, 0.717) is 19.4 Å². The molecule has 1 aliphatic carbocycles. The zero-order valence-electron chi connectivity index (χ0n) is 13.8. The van der Waals surface area contributed by atoms with E-state index in [1.165, 1.54) is 0 Å². The number of unbranched alkanes of at least 4 members (excludes halogenated alkanes) is 3. The van der Waals surface area contributed by atoms with Crippen LogP contribution in [0, 0.1) is 11.8 Å². The van der Waals surface area contributed by atoms with Crippen molar-refractivity contribution in [2.45, 2.75) is 65.2 Å². The quantitative estimate of drug-likeness (QED) is 0.432. The third-order valence-corrected chi connectivity index (χ3v) is 4.17. The summed E-state index contributed by atoms with van der Waals surface area (Å²) < 4.78 is 4.88. The molecule has 4 nitrogen and oxygen atoms in total. The van der Waals surface area contributed by atoms with Crippen molar-refractivity contribution in [1.82, 2.24) is 0 Å². The van der Waals surface area contributed by atoms with Gasteiger partial charge in [-0.2, -0.15) is 0 Å². The van der Waals surface area contributed by atoms with Crippen molar-refractivity contribution in [2.24, 2.45) is 11.8 Å². The summed E-state index contributed by atoms with van der Waals surface area (Å²) in [5, 5.41) is 0. The van der Waals surface area contributed by atoms with Crippen LogP contribution in [0.5, 0.6) is 0 Å². The molecule has 0 fully saturated rings. The molecule has 0 aromatic heterocycles. The van der Waals surface area contributed by atoms with Crippen LogP contribution >= 0.6 is 0 Å². The first-order valence-electron chi connectivity index (χ1n) is 8.41. The molecule has 0 aromatic carbocycles. The number of hydrogen-bond donors (Lipinski definition) is 0. The molecule has 22 heavy (non-hydrogen) atoms. The monoisotopic (exact) mass is 308 g/mol. The van der Waals surface area contributed by atoms with Gasteiger partial charge in [-0.15, -0.1) is 0 Å². The molecule has 0 N–H and O–H groups in total. The highest BCUT2D eigenvalue weighted by molar-refractivity contribution is 5.94. The van der Waals surface area contributed by atoms with Crippen LogP contribution in [0.15, 0.2) is 12.2 Å². The number of hydrogen-bond acceptors (Lipinski definition) is 4. The maximum absolute atomic E-state index is 11.9. The first-order chi connectivity index (χ1) is 10.5. The van der Waals surface area contributed by atoms with E-state index in [0.717, 1.165) is 38.5 Å². The average Bonchev–Trinajstić information content (AvgIpc) is 2.81. The van der Waals surface area contributed by atoms with Gasteiger partial charge in [-0.25, -0.2) is 0 Å². The molecule has 0 spiro atoms. The molecule has 1 aliphatic rings. The van der Waals surface area contributed by atoms with E-state index in [9.17, 15) is 14.4 Å². The molecule has 0 saturated carbocycles. The Morgan fingerprint density at radius 3 is 2.50 bits per heavy atom. The number of rotatable bonds is 11. The first-order valence-corrected chi connectivity index (χ1v) is 8.41. The number of ether oxygens (including phenoxy) is 1. The second kappa shape index (κ2) is 10.3. The minimum Gasteiger partial charge on any atom is -0.466 e. The van der Waals surface area contributed by atoms with Crippen LogP contribution in [-0.2, 0) is 19.1 Å². The predicted molar refractivity (Wildman–Crippen MR) is 85.4 cm³/mol. The average molecular weight is 308 g/mol. The number of esters is 1. The van der Waals surface area contributed by atoms with Crippen LogP contribution in [0.4, 0.5) is 0 Å². The smallest absolute Gasteiger partial charge is 0.305 e. The van der Waals surface area contributed by atoms with Crippen LogP contribution in [0.1, 0.15) is 65.2 Å². The van der Waals surface area contributed by atoms with E-state index >= 15 is 0 Å². The van der Waals surface area contributed by atoms with Crippen LogP contribution in [0.2, 0.25) is 0 Å². The molecular formula is C18H28O4. The SMILES string of the molecule is CCOC(=O)CCCCCC[C@H]1C(=O)C=C[C@H]1CCC(C)=O. The Bertz CT molecular complexity index is 411. The van der Waals surface area contributed by atoms with Crippen LogP contribution < -0.4 is 0 Å². The van der Waals surface area contributed by atoms with E-state index in [-0.39, 0.29) is 29.4 Å². The molecule has 1 rings (SSSR count). The van der Waals surface area contributed by atoms with Crippen molar-refractivity contribution in [2.75, 3.05) is 6.61 Å². The Hall–Kier alpha value is -1.45. The third kappa shape index (κ3) is 7.01. The van der Waals surface area contributed by atoms with Gasteiger partial charge in [-0.1, -0.05) is 25.3 Å². The molecule has 124 valence electrons. The van der Waals surface area contributed by atoms with Crippen molar-refractivity contribution in [1.29, 1.82) is 0 Å². The maximum atomic E-state index is 11.9. The van der Waals surface area contributed by atoms with Crippen molar-refractivity contribution in [3.05, 3.63) is 12.2 Å². The highest BCUT2D eigenvalue weighted by Crippen LogP contribution is 2.31. The van der Waals surface area contributed by atoms with E-state index in [4.69, 9.17) is 4.74 Å². The molecular weight excluding hydrogens is 280 g/mol. The summed E-state index contributed by atoms with van der Waals surface area (Å²) >= 11 is 0. The van der Waals surface area contributed by atoms with E-state index < -0.39 is 0 Å². The lowest BCUT2D eigenvalue weighted by Crippen LogP contribution is -2.16. The summed E-state index contributed by atoms with van der Waals surface area (Å²) in [4.78, 5) is 34.1. The van der Waals surface area contributed by atoms with Crippen molar-refractivity contribution >= 4 is 17.5 Å². The molecule has 0 unspecified atom stereocenters. The van der Waals surface area contributed by atoms with Gasteiger partial charge in [0.2, 0.25) is 0 Å². The van der Waals surface area contributed by atoms with Gasteiger partial charge in [0.15, 0.2) is 5.78 Å². The Balaban J connectivity index is 2.15. The Morgan fingerprint density at radius 2 is 1.82 bits per heavy atom. The lowest BCUT2D eigenvalue weighted by atomic mass is 9.86. The minimum absolute atomic E-state index is 0.0596. The lowest BCUT2D eigenvalue weighted by molar-refractivity contribution is -0.143. The van der Waals surface area contributed by atoms with Gasteiger partial charge in [0.05, 0.1) is 6.61 Å². The third-order valence-electron chi connectivity index (χ3n) is 4.17. The fourth-order valence-electron chi connectivity index (χ4n) is 2.93. The van der Waals surface area contributed by atoms with Gasteiger partial charge in [0.1, 0.15) is 5.78 Å². The van der Waals surface area contributed by atoms with Gasteiger partial charge in [-0.05, 0) is 45.1 Å². The Morgan fingerprint density at radius 1 is 1.09 bits per heavy atom. The summed E-state index contributed by atoms with van der Waals surface area (Å²) in [5.41, 5.74) is 0. The van der Waals surface area contributed by atoms with E-state index in [1.807, 2.05) is 13.0 Å². The summed E-state index contributed by atoms with van der Waals surface area (Å²) in [5.74, 6) is 0.563. The van der Waals surface area contributed by atoms with Crippen molar-refractivity contribution < 1.29 is 19.1 Å². The van der Waals surface area contributed by atoms with Crippen LogP contribution in [-0.4, -0.2) is 24.1 Å². The number of carbonyl (C=O) groups is 3. The fraction of sp³-hybridized carbons (Fsp3) is 0.722. The molecule has 0 radical (unpaired) electrons. The molecule has 0 saturated heterocycles. The fourth-order valence-corrected chi connectivity index (χ4v) is 2.93. The molecule has 2 atom stereocenters. The highest BCUT2D eigenvalue weighted by Gasteiger charge is 2.29. The topological polar surface area (TPSA) is 60.4 Å². The number of carbonyl (C=O) groups excluding carboxylic acids is 3. The maximum Gasteiger partial charge on any atom is 0.305 e. The Labute approximate surface area is 133 Å². The standard InChI is InChI=1S/C18H28O4/c1-3-22-18(21)9-7-5-4-6-8-16-15(11-10-14(2)19)12-13-17(16)20/h12-13,15-16H,3-11H2,1-2H3/t15-,16-/m1/s1. The van der Waals surface area contributed by atoms with Gasteiger partial charge in [0, 0.05) is 18.8 Å². The number of allylic oxidation sites excluding steroid dienone is 2. The zero-order chi connectivity index (χ0) is 16.4. The Kier molecular flexibility index (Phi) is 8.71. The number of Topliss-reactive ketones (excluding diaryl/α,β-unsaturated/α-hetero) is 1. The van der Waals surface area contributed by atoms with Gasteiger partial charge in [-0.3, -0.25) is 9.59 Å². The van der Waals surface area contributed by atoms with Gasteiger partial charge in [0.25, 0.3) is 0 Å². The summed E-state index contributed by atoms with van der Waals surface area (Å²) in [6, 6.07) is 0. The molecule has 0 amide bonds. The molecule has 0 aliphatic heterocycles. The summed E-state index contributed by atoms with van der Waals surface area (Å²) in [6.45, 7) is 3.85. The summed E-state index contributed by atoms with van der Waals surface area (Å²) in [7, 11) is 0. The first kappa shape index (κ1) is 18.6. The molecule has 0 aromatic rings. The molecule has 0 bridgehead atoms. The van der Waals surface area contributed by atoms with Crippen LogP contribution in [0.3, 0.4) is 0 Å². The molecule has 0 heterocycles. The van der Waals surface area contributed by atoms with Gasteiger partial charge >= 0.3 is 5.97 Å². The normalized spacial score (nSPS) is 20.4. The zero-order valence-corrected chi connectivity index (χ0v) is 13.8. The second-order valence-electron chi connectivity index (χ2n) is 6.03. The molecule has 4 heteroatoms. The minimum atomic E-state index is -0.123.